The molecule has 0 heterocycles. The molecule has 0 aromatic rings. The summed E-state index contributed by atoms with van der Waals surface area (Å²) in [6.45, 7) is 48.8. The molecule has 12 nitrogen and oxygen atoms in total. The Morgan fingerprint density at radius 2 is 0.654 bits per heavy atom. The van der Waals surface area contributed by atoms with Crippen LogP contribution in [0, 0.1) is 81.8 Å². The number of nitrogens with zero attached hydrogens (tertiary/aromatic N) is 1. The van der Waals surface area contributed by atoms with Gasteiger partial charge in [0.15, 0.2) is 0 Å². The smallest absolute Gasteiger partial charge is 0.306 e. The van der Waals surface area contributed by atoms with Crippen molar-refractivity contribution in [2.45, 2.75) is 301 Å². The van der Waals surface area contributed by atoms with Crippen molar-refractivity contribution in [3.8, 4) is 0 Å². The summed E-state index contributed by atoms with van der Waals surface area (Å²) in [5.41, 5.74) is 1.54. The van der Waals surface area contributed by atoms with E-state index in [9.17, 15) is 24.3 Å². The number of rotatable bonds is 36. The Bertz CT molecular complexity index is 1260. The molecular weight excluding hydrogens is 1010 g/mol. The van der Waals surface area contributed by atoms with E-state index in [1.165, 1.54) is 64.5 Å². The second-order valence-electron chi connectivity index (χ2n) is 26.6. The topological polar surface area (TPSA) is 207 Å². The number of aliphatic carboxylic acids is 4. The maximum absolute atomic E-state index is 10.5. The number of nitrogens with one attached hydrogen (secondary N) is 3. The van der Waals surface area contributed by atoms with Crippen molar-refractivity contribution in [1.82, 2.24) is 4.90 Å². The minimum atomic E-state index is -0.917. The summed E-state index contributed by atoms with van der Waals surface area (Å²) < 4.78 is 0. The first-order valence-corrected chi connectivity index (χ1v) is 32.2. The van der Waals surface area contributed by atoms with Crippen LogP contribution in [0.15, 0.2) is 0 Å². The average molecular weight is 1160 g/mol. The Hall–Kier alpha value is -2.86. The molecule has 0 bridgehead atoms. The van der Waals surface area contributed by atoms with Crippen LogP contribution in [0.1, 0.15) is 301 Å². The van der Waals surface area contributed by atoms with Gasteiger partial charge >= 0.3 is 17.9 Å². The highest BCUT2D eigenvalue weighted by atomic mass is 16.4. The van der Waals surface area contributed by atoms with Gasteiger partial charge in [-0.15, -0.1) is 0 Å². The molecule has 0 aromatic heterocycles. The van der Waals surface area contributed by atoms with Gasteiger partial charge in [-0.3, -0.25) is 14.4 Å². The molecule has 0 saturated heterocycles. The molecule has 6 N–H and O–H groups in total. The predicted octanol–water partition coefficient (Wildman–Crippen LogP) is 17.7. The first-order chi connectivity index (χ1) is 36.8. The summed E-state index contributed by atoms with van der Waals surface area (Å²) in [5.74, 6) is 1.66. The molecule has 0 aliphatic heterocycles. The summed E-state index contributed by atoms with van der Waals surface area (Å²) in [7, 11) is 8.62. The lowest BCUT2D eigenvalue weighted by molar-refractivity contribution is -0.858. The Morgan fingerprint density at radius 1 is 0.407 bits per heavy atom. The highest BCUT2D eigenvalue weighted by molar-refractivity contribution is 5.83. The van der Waals surface area contributed by atoms with Gasteiger partial charge in [-0.05, 0) is 138 Å². The summed E-state index contributed by atoms with van der Waals surface area (Å²) in [6.07, 6.45) is 23.2. The average Bonchev–Trinajstić information content (AvgIpc) is 3.33. The Kier molecular flexibility index (Phi) is 81.6. The lowest BCUT2D eigenvalue weighted by Gasteiger charge is -2.12. The third kappa shape index (κ3) is 103. The highest BCUT2D eigenvalue weighted by Crippen LogP contribution is 2.15. The van der Waals surface area contributed by atoms with Gasteiger partial charge in [0, 0.05) is 17.4 Å². The van der Waals surface area contributed by atoms with Crippen molar-refractivity contribution < 1.29 is 44.5 Å². The second-order valence-corrected chi connectivity index (χ2v) is 26.6. The van der Waals surface area contributed by atoms with Gasteiger partial charge in [-0.2, -0.15) is 0 Å². The van der Waals surface area contributed by atoms with E-state index in [0.717, 1.165) is 137 Å². The van der Waals surface area contributed by atoms with E-state index in [0.29, 0.717) is 11.8 Å². The summed E-state index contributed by atoms with van der Waals surface area (Å²) in [4.78, 5) is 45.5. The molecule has 4 unspecified atom stereocenters. The van der Waals surface area contributed by atoms with E-state index in [1.54, 1.807) is 32.6 Å². The van der Waals surface area contributed by atoms with Crippen molar-refractivity contribution in [1.29, 1.82) is 10.8 Å². The molecule has 0 aliphatic rings. The lowest BCUT2D eigenvalue weighted by Crippen LogP contribution is -3.05. The first kappa shape index (κ1) is 97.3. The second kappa shape index (κ2) is 67.9. The van der Waals surface area contributed by atoms with Crippen LogP contribution < -0.4 is 10.0 Å². The van der Waals surface area contributed by atoms with Crippen LogP contribution in [-0.4, -0.2) is 96.8 Å². The minimum Gasteiger partial charge on any atom is -0.550 e. The van der Waals surface area contributed by atoms with Crippen molar-refractivity contribution in [3.63, 3.8) is 0 Å². The van der Waals surface area contributed by atoms with Crippen LogP contribution in [0.25, 0.3) is 0 Å². The fourth-order valence-electron chi connectivity index (χ4n) is 6.85. The fourth-order valence-corrected chi connectivity index (χ4v) is 6.85. The van der Waals surface area contributed by atoms with Crippen molar-refractivity contribution >= 4 is 35.3 Å². The summed E-state index contributed by atoms with van der Waals surface area (Å²) in [5, 5.41) is 51.4. The first-order valence-electron chi connectivity index (χ1n) is 32.2. The molecule has 0 saturated carbocycles. The molecule has 12 heteroatoms. The number of carbonyl (C=O) groups is 4. The number of hydrogen-bond acceptors (Lipinski definition) is 8. The maximum Gasteiger partial charge on any atom is 0.306 e. The SMILES string of the molecule is C.CC(C)C(=N)CCCCC(C)C(=O)O.CC(C)C(=N)CCCCC(C)C(=O)O.CC(C)CCCCC(C)C(=O)O.CC(C)CCCCC(C)C(=O)[O-].CC(C)CCN(C)C.CC(C)CC[NH+](C)C.CCCC(C)C.CCCC(C)C. The highest BCUT2D eigenvalue weighted by Gasteiger charge is 2.12. The normalized spacial score (nSPS) is 12.1. The third-order valence-electron chi connectivity index (χ3n) is 13.2. The van der Waals surface area contributed by atoms with E-state index < -0.39 is 23.9 Å². The van der Waals surface area contributed by atoms with Gasteiger partial charge in [0.2, 0.25) is 0 Å². The summed E-state index contributed by atoms with van der Waals surface area (Å²) in [6, 6.07) is 0. The standard InChI is InChI=1S/2C11H21NO2.2C10H20O2.2C7H17N.2C6H14.CH4/c2*1-8(2)10(12)7-5-4-6-9(3)11(13)14;2*1-8(2)6-4-5-7-9(3)10(11)12;2*1-7(2)5-6-8(3)4;2*1-4-5-6(2)3;/h2*8-9,12H,4-7H2,1-3H3,(H,13,14);2*8-9H,4-7H2,1-3H3,(H,11,12);2*7H,5-6H2,1-4H3;2*6H,4-5H2,1-3H3;1H4. The number of carboxylic acid groups (broad SMARTS) is 4. The van der Waals surface area contributed by atoms with Crippen LogP contribution in [0.3, 0.4) is 0 Å². The van der Waals surface area contributed by atoms with Gasteiger partial charge in [0.25, 0.3) is 0 Å². The molecule has 0 radical (unpaired) electrons. The molecule has 0 amide bonds. The van der Waals surface area contributed by atoms with E-state index >= 15 is 0 Å². The zero-order chi connectivity index (χ0) is 64.5. The molecule has 4 atom stereocenters. The van der Waals surface area contributed by atoms with Gasteiger partial charge in [0.05, 0.1) is 38.4 Å². The summed E-state index contributed by atoms with van der Waals surface area (Å²) >= 11 is 0. The molecular formula is C69H148N4O8. The Labute approximate surface area is 506 Å². The van der Waals surface area contributed by atoms with Crippen molar-refractivity contribution in [2.75, 3.05) is 41.3 Å². The zero-order valence-corrected chi connectivity index (χ0v) is 58.2. The quantitative estimate of drug-likeness (QED) is 0.0260. The number of carbonyl (C=O) groups excluding carboxylic acids is 1. The van der Waals surface area contributed by atoms with Crippen LogP contribution in [0.4, 0.5) is 0 Å². The number of hydrogen-bond donors (Lipinski definition) is 6. The molecule has 0 spiro atoms. The van der Waals surface area contributed by atoms with Crippen molar-refractivity contribution in [2.24, 2.45) is 71.0 Å². The number of unbranched alkanes of at least 4 members (excludes halogenated alkanes) is 4. The monoisotopic (exact) mass is 1160 g/mol. The van der Waals surface area contributed by atoms with E-state index in [1.807, 2.05) is 27.7 Å². The molecule has 0 rings (SSSR count). The van der Waals surface area contributed by atoms with Crippen LogP contribution in [0.2, 0.25) is 0 Å². The zero-order valence-electron chi connectivity index (χ0n) is 58.2. The van der Waals surface area contributed by atoms with Gasteiger partial charge in [-0.25, -0.2) is 0 Å². The predicted molar refractivity (Wildman–Crippen MR) is 355 cm³/mol. The lowest BCUT2D eigenvalue weighted by atomic mass is 9.99. The fraction of sp³-hybridized carbons (Fsp3) is 0.913. The van der Waals surface area contributed by atoms with E-state index in [4.69, 9.17) is 26.1 Å². The van der Waals surface area contributed by atoms with Crippen molar-refractivity contribution in [3.05, 3.63) is 0 Å². The number of carboxylic acids is 4. The van der Waals surface area contributed by atoms with E-state index in [-0.39, 0.29) is 31.1 Å². The molecule has 492 valence electrons. The number of quaternary nitrogens is 1. The Morgan fingerprint density at radius 3 is 0.815 bits per heavy atom. The van der Waals surface area contributed by atoms with E-state index in [2.05, 4.69) is 130 Å². The van der Waals surface area contributed by atoms with Gasteiger partial charge in [-0.1, -0.05) is 237 Å². The molecule has 81 heavy (non-hydrogen) atoms. The van der Waals surface area contributed by atoms with Gasteiger partial charge < -0.3 is 45.8 Å². The molecule has 0 fully saturated rings. The molecule has 0 aromatic carbocycles. The van der Waals surface area contributed by atoms with Gasteiger partial charge in [0.1, 0.15) is 0 Å². The maximum atomic E-state index is 10.5. The minimum absolute atomic E-state index is 0. The largest absolute Gasteiger partial charge is 0.550 e. The third-order valence-corrected chi connectivity index (χ3v) is 13.2. The van der Waals surface area contributed by atoms with Crippen LogP contribution in [0.5, 0.6) is 0 Å². The van der Waals surface area contributed by atoms with Crippen LogP contribution >= 0.6 is 0 Å². The van der Waals surface area contributed by atoms with Crippen LogP contribution in [-0.2, 0) is 19.2 Å². The Balaban J connectivity index is -0.000000106. The molecule has 0 aliphatic carbocycles.